The molecule has 1 aliphatic heterocycles. The Morgan fingerprint density at radius 2 is 2.00 bits per heavy atom. The van der Waals surface area contributed by atoms with Crippen LogP contribution >= 0.6 is 11.6 Å². The molecule has 1 aliphatic rings. The molecule has 7 heteroatoms. The predicted molar refractivity (Wildman–Crippen MR) is 103 cm³/mol. The van der Waals surface area contributed by atoms with Gasteiger partial charge in [0.2, 0.25) is 5.91 Å². The second kappa shape index (κ2) is 7.29. The Morgan fingerprint density at radius 3 is 2.62 bits per heavy atom. The number of likely N-dealkylation sites (N-methyl/N-ethyl adjacent to an activating group) is 1. The first-order valence-corrected chi connectivity index (χ1v) is 9.36. The maximum Gasteiger partial charge on any atom is 0.271 e. The van der Waals surface area contributed by atoms with Crippen LogP contribution in [0.4, 0.5) is 0 Å². The molecule has 0 aliphatic carbocycles. The Balaban J connectivity index is 1.96. The normalized spacial score (nSPS) is 20.0. The number of hydrogen-bond acceptors (Lipinski definition) is 3. The van der Waals surface area contributed by atoms with Gasteiger partial charge in [0.1, 0.15) is 11.7 Å². The molecule has 6 nitrogen and oxygen atoms in total. The average Bonchev–Trinajstić information content (AvgIpc) is 3.16. The monoisotopic (exact) mass is 376 g/mol. The fourth-order valence-electron chi connectivity index (χ4n) is 3.79. The number of rotatable bonds is 4. The number of benzene rings is 1. The van der Waals surface area contributed by atoms with Crippen LogP contribution in [0.25, 0.3) is 10.9 Å². The third-order valence-electron chi connectivity index (χ3n) is 5.18. The molecule has 140 valence electrons. The third kappa shape index (κ3) is 3.08. The van der Waals surface area contributed by atoms with Crippen LogP contribution in [0.15, 0.2) is 24.3 Å². The van der Waals surface area contributed by atoms with Gasteiger partial charge in [-0.3, -0.25) is 9.59 Å². The fourth-order valence-corrected chi connectivity index (χ4v) is 4.10. The molecule has 2 atom stereocenters. The first kappa shape index (κ1) is 18.7. The summed E-state index contributed by atoms with van der Waals surface area (Å²) >= 11 is 6.29. The molecule has 2 aromatic rings. The summed E-state index contributed by atoms with van der Waals surface area (Å²) in [5.74, 6) is -0.216. The molecule has 3 rings (SSSR count). The summed E-state index contributed by atoms with van der Waals surface area (Å²) in [7, 11) is 1.82. The van der Waals surface area contributed by atoms with Crippen LogP contribution in [0.2, 0.25) is 5.02 Å². The molecule has 0 spiro atoms. The minimum absolute atomic E-state index is 0.0342. The Labute approximate surface area is 158 Å². The van der Waals surface area contributed by atoms with E-state index in [1.807, 2.05) is 39.1 Å². The SMILES string of the molecule is CCN(CC)C(=O)[C@@H]1C[C@H](N)CN1C(=O)c1cc2cccc(Cl)c2n1C. The summed E-state index contributed by atoms with van der Waals surface area (Å²) in [5.41, 5.74) is 7.42. The standard InChI is InChI=1S/C19H25ClN4O2/c1-4-23(5-2)18(25)16-10-13(21)11-24(16)19(26)15-9-12-7-6-8-14(20)17(12)22(15)3/h6-9,13,16H,4-5,10-11,21H2,1-3H3/t13-,16-/m0/s1. The average molecular weight is 377 g/mol. The van der Waals surface area contributed by atoms with Gasteiger partial charge in [0.05, 0.1) is 10.5 Å². The van der Waals surface area contributed by atoms with Gasteiger partial charge in [0.25, 0.3) is 5.91 Å². The van der Waals surface area contributed by atoms with Gasteiger partial charge in [-0.15, -0.1) is 0 Å². The molecular formula is C19H25ClN4O2. The highest BCUT2D eigenvalue weighted by Crippen LogP contribution is 2.28. The summed E-state index contributed by atoms with van der Waals surface area (Å²) in [4.78, 5) is 29.5. The minimum Gasteiger partial charge on any atom is -0.341 e. The summed E-state index contributed by atoms with van der Waals surface area (Å²) < 4.78 is 1.79. The fraction of sp³-hybridized carbons (Fsp3) is 0.474. The van der Waals surface area contributed by atoms with Crippen LogP contribution < -0.4 is 5.73 Å². The maximum absolute atomic E-state index is 13.2. The number of aromatic nitrogens is 1. The van der Waals surface area contributed by atoms with Gasteiger partial charge in [-0.2, -0.15) is 0 Å². The number of para-hydroxylation sites is 1. The van der Waals surface area contributed by atoms with Crippen molar-refractivity contribution in [1.29, 1.82) is 0 Å². The lowest BCUT2D eigenvalue weighted by molar-refractivity contribution is -0.134. The molecule has 1 aromatic carbocycles. The first-order valence-electron chi connectivity index (χ1n) is 8.98. The highest BCUT2D eigenvalue weighted by molar-refractivity contribution is 6.35. The van der Waals surface area contributed by atoms with Gasteiger partial charge in [0, 0.05) is 38.1 Å². The van der Waals surface area contributed by atoms with E-state index in [2.05, 4.69) is 0 Å². The third-order valence-corrected chi connectivity index (χ3v) is 5.49. The molecule has 0 radical (unpaired) electrons. The Bertz CT molecular complexity index is 843. The van der Waals surface area contributed by atoms with Crippen molar-refractivity contribution in [3.8, 4) is 0 Å². The Kier molecular flexibility index (Phi) is 5.25. The first-order chi connectivity index (χ1) is 12.4. The zero-order chi connectivity index (χ0) is 19.0. The van der Waals surface area contributed by atoms with E-state index in [-0.39, 0.29) is 17.9 Å². The molecule has 2 heterocycles. The van der Waals surface area contributed by atoms with Crippen LogP contribution in [0.3, 0.4) is 0 Å². The van der Waals surface area contributed by atoms with Crippen LogP contribution in [-0.4, -0.2) is 57.9 Å². The Morgan fingerprint density at radius 1 is 1.31 bits per heavy atom. The zero-order valence-corrected chi connectivity index (χ0v) is 16.2. The molecule has 2 amide bonds. The lowest BCUT2D eigenvalue weighted by atomic mass is 10.1. The number of carbonyl (C=O) groups is 2. The van der Waals surface area contributed by atoms with E-state index in [1.54, 1.807) is 20.4 Å². The van der Waals surface area contributed by atoms with E-state index in [0.717, 1.165) is 10.9 Å². The summed E-state index contributed by atoms with van der Waals surface area (Å²) in [6.45, 7) is 5.49. The van der Waals surface area contributed by atoms with Gasteiger partial charge < -0.3 is 20.1 Å². The molecule has 1 fully saturated rings. The number of carbonyl (C=O) groups excluding carboxylic acids is 2. The van der Waals surface area contributed by atoms with Crippen molar-refractivity contribution < 1.29 is 9.59 Å². The molecule has 0 unspecified atom stereocenters. The van der Waals surface area contributed by atoms with E-state index in [1.165, 1.54) is 0 Å². The topological polar surface area (TPSA) is 71.6 Å². The van der Waals surface area contributed by atoms with Crippen molar-refractivity contribution in [3.05, 3.63) is 35.0 Å². The molecule has 0 bridgehead atoms. The second-order valence-electron chi connectivity index (χ2n) is 6.75. The number of aryl methyl sites for hydroxylation is 1. The second-order valence-corrected chi connectivity index (χ2v) is 7.15. The highest BCUT2D eigenvalue weighted by atomic mass is 35.5. The van der Waals surface area contributed by atoms with Crippen molar-refractivity contribution in [2.45, 2.75) is 32.4 Å². The van der Waals surface area contributed by atoms with Crippen molar-refractivity contribution in [2.75, 3.05) is 19.6 Å². The van der Waals surface area contributed by atoms with Crippen LogP contribution in [0, 0.1) is 0 Å². The van der Waals surface area contributed by atoms with Crippen LogP contribution in [-0.2, 0) is 11.8 Å². The maximum atomic E-state index is 13.2. The molecule has 0 saturated carbocycles. The van der Waals surface area contributed by atoms with E-state index in [0.29, 0.717) is 36.8 Å². The van der Waals surface area contributed by atoms with Crippen molar-refractivity contribution in [1.82, 2.24) is 14.4 Å². The largest absolute Gasteiger partial charge is 0.341 e. The van der Waals surface area contributed by atoms with Gasteiger partial charge in [-0.05, 0) is 32.4 Å². The lowest BCUT2D eigenvalue weighted by Crippen LogP contribution is -2.48. The van der Waals surface area contributed by atoms with Crippen molar-refractivity contribution in [3.63, 3.8) is 0 Å². The minimum atomic E-state index is -0.508. The number of fused-ring (bicyclic) bond motifs is 1. The van der Waals surface area contributed by atoms with Gasteiger partial charge in [-0.25, -0.2) is 0 Å². The van der Waals surface area contributed by atoms with Gasteiger partial charge in [-0.1, -0.05) is 23.7 Å². The summed E-state index contributed by atoms with van der Waals surface area (Å²) in [5, 5.41) is 1.50. The lowest BCUT2D eigenvalue weighted by Gasteiger charge is -2.29. The van der Waals surface area contributed by atoms with Crippen molar-refractivity contribution in [2.24, 2.45) is 12.8 Å². The number of hydrogen-bond donors (Lipinski definition) is 1. The van der Waals surface area contributed by atoms with E-state index >= 15 is 0 Å². The number of halogens is 1. The van der Waals surface area contributed by atoms with Crippen LogP contribution in [0.5, 0.6) is 0 Å². The summed E-state index contributed by atoms with van der Waals surface area (Å²) in [6, 6.07) is 6.71. The quantitative estimate of drug-likeness (QED) is 0.889. The number of likely N-dealkylation sites (tertiary alicyclic amines) is 1. The Hall–Kier alpha value is -2.05. The molecular weight excluding hydrogens is 352 g/mol. The molecule has 26 heavy (non-hydrogen) atoms. The highest BCUT2D eigenvalue weighted by Gasteiger charge is 2.40. The van der Waals surface area contributed by atoms with E-state index < -0.39 is 6.04 Å². The van der Waals surface area contributed by atoms with Crippen molar-refractivity contribution >= 4 is 34.3 Å². The zero-order valence-electron chi connectivity index (χ0n) is 15.4. The van der Waals surface area contributed by atoms with E-state index in [9.17, 15) is 9.59 Å². The van der Waals surface area contributed by atoms with Gasteiger partial charge in [0.15, 0.2) is 0 Å². The number of amides is 2. The summed E-state index contributed by atoms with van der Waals surface area (Å²) in [6.07, 6.45) is 0.492. The predicted octanol–water partition coefficient (Wildman–Crippen LogP) is 2.24. The number of nitrogens with two attached hydrogens (primary N) is 1. The van der Waals surface area contributed by atoms with Gasteiger partial charge >= 0.3 is 0 Å². The molecule has 1 aromatic heterocycles. The molecule has 2 N–H and O–H groups in total. The smallest absolute Gasteiger partial charge is 0.271 e. The number of nitrogens with zero attached hydrogens (tertiary/aromatic N) is 3. The van der Waals surface area contributed by atoms with E-state index in [4.69, 9.17) is 17.3 Å². The van der Waals surface area contributed by atoms with Crippen LogP contribution in [0.1, 0.15) is 30.8 Å². The molecule has 1 saturated heterocycles.